The maximum atomic E-state index is 11.1. The number of aromatic amines is 1. The van der Waals surface area contributed by atoms with E-state index >= 15 is 0 Å². The number of benzene rings is 1. The summed E-state index contributed by atoms with van der Waals surface area (Å²) in [5.41, 5.74) is 8.86. The number of amides is 1. The Morgan fingerprint density at radius 3 is 2.39 bits per heavy atom. The Bertz CT molecular complexity index is 762. The molecule has 0 saturated carbocycles. The molecule has 23 heavy (non-hydrogen) atoms. The van der Waals surface area contributed by atoms with Crippen LogP contribution in [0.15, 0.2) is 55.0 Å². The first-order chi connectivity index (χ1) is 11.2. The van der Waals surface area contributed by atoms with E-state index in [0.717, 1.165) is 41.9 Å². The van der Waals surface area contributed by atoms with Crippen molar-refractivity contribution in [2.24, 2.45) is 5.73 Å². The molecule has 0 aliphatic heterocycles. The van der Waals surface area contributed by atoms with Gasteiger partial charge in [0.2, 0.25) is 5.91 Å². The maximum absolute atomic E-state index is 11.1. The number of hydrogen-bond donors (Lipinski definition) is 2. The molecule has 0 spiro atoms. The first-order valence-corrected chi connectivity index (χ1v) is 7.56. The van der Waals surface area contributed by atoms with E-state index in [0.29, 0.717) is 5.56 Å². The first kappa shape index (κ1) is 15.0. The van der Waals surface area contributed by atoms with E-state index in [1.54, 1.807) is 18.3 Å². The smallest absolute Gasteiger partial charge is 0.248 e. The lowest BCUT2D eigenvalue weighted by molar-refractivity contribution is 0.100. The molecule has 0 bridgehead atoms. The Balaban J connectivity index is 1.61. The molecule has 3 aromatic rings. The number of hydrogen-bond acceptors (Lipinski definition) is 3. The number of H-pyrrole nitrogens is 1. The van der Waals surface area contributed by atoms with Crippen LogP contribution in [0, 0.1) is 0 Å². The molecule has 3 N–H and O–H groups in total. The largest absolute Gasteiger partial charge is 0.366 e. The predicted octanol–water partition coefficient (Wildman–Crippen LogP) is 2.75. The van der Waals surface area contributed by atoms with Gasteiger partial charge >= 0.3 is 0 Å². The van der Waals surface area contributed by atoms with Crippen molar-refractivity contribution in [2.45, 2.75) is 19.3 Å². The van der Waals surface area contributed by atoms with Crippen LogP contribution in [0.2, 0.25) is 0 Å². The van der Waals surface area contributed by atoms with E-state index in [-0.39, 0.29) is 0 Å². The molecule has 1 amide bonds. The summed E-state index contributed by atoms with van der Waals surface area (Å²) in [5.74, 6) is 0.595. The fourth-order valence-corrected chi connectivity index (χ4v) is 2.44. The zero-order valence-corrected chi connectivity index (χ0v) is 12.7. The molecule has 2 heterocycles. The molecule has 116 valence electrons. The van der Waals surface area contributed by atoms with Crippen LogP contribution < -0.4 is 5.73 Å². The van der Waals surface area contributed by atoms with Gasteiger partial charge in [0.25, 0.3) is 0 Å². The minimum Gasteiger partial charge on any atom is -0.366 e. The third-order valence-corrected chi connectivity index (χ3v) is 3.73. The molecule has 0 unspecified atom stereocenters. The van der Waals surface area contributed by atoms with Crippen LogP contribution in [-0.2, 0) is 12.8 Å². The van der Waals surface area contributed by atoms with Gasteiger partial charge in [-0.05, 0) is 36.6 Å². The molecule has 2 aromatic heterocycles. The van der Waals surface area contributed by atoms with Gasteiger partial charge in [0.1, 0.15) is 5.82 Å². The Morgan fingerprint density at radius 1 is 1.00 bits per heavy atom. The van der Waals surface area contributed by atoms with Crippen molar-refractivity contribution in [3.8, 4) is 11.1 Å². The number of nitrogens with one attached hydrogen (secondary N) is 1. The highest BCUT2D eigenvalue weighted by Crippen LogP contribution is 2.19. The van der Waals surface area contributed by atoms with Crippen LogP contribution in [0.1, 0.15) is 28.3 Å². The van der Waals surface area contributed by atoms with Gasteiger partial charge in [-0.15, -0.1) is 0 Å². The van der Waals surface area contributed by atoms with Gasteiger partial charge in [0.05, 0.1) is 0 Å². The molecule has 3 rings (SSSR count). The summed E-state index contributed by atoms with van der Waals surface area (Å²) >= 11 is 0. The quantitative estimate of drug-likeness (QED) is 0.734. The molecule has 5 nitrogen and oxygen atoms in total. The predicted molar refractivity (Wildman–Crippen MR) is 88.8 cm³/mol. The van der Waals surface area contributed by atoms with Gasteiger partial charge in [0.15, 0.2) is 0 Å². The molecule has 5 heteroatoms. The first-order valence-electron chi connectivity index (χ1n) is 7.56. The van der Waals surface area contributed by atoms with Crippen molar-refractivity contribution < 1.29 is 4.79 Å². The van der Waals surface area contributed by atoms with E-state index in [4.69, 9.17) is 5.73 Å². The second-order valence-corrected chi connectivity index (χ2v) is 5.37. The molecule has 0 atom stereocenters. The number of nitrogens with zero attached hydrogens (tertiary/aromatic N) is 2. The lowest BCUT2D eigenvalue weighted by Crippen LogP contribution is -2.10. The Labute approximate surface area is 134 Å². The van der Waals surface area contributed by atoms with Crippen molar-refractivity contribution in [3.63, 3.8) is 0 Å². The van der Waals surface area contributed by atoms with Crippen molar-refractivity contribution >= 4 is 5.91 Å². The van der Waals surface area contributed by atoms with Gasteiger partial charge < -0.3 is 10.7 Å². The standard InChI is InChI=1S/C18H18N4O/c19-18(23)14-6-4-13(5-7-14)15-8-9-16(22-12-15)2-1-3-17-20-10-11-21-17/h4-12H,1-3H2,(H2,19,23)(H,20,21). The van der Waals surface area contributed by atoms with Gasteiger partial charge in [-0.3, -0.25) is 9.78 Å². The van der Waals surface area contributed by atoms with E-state index in [2.05, 4.69) is 21.0 Å². The number of carbonyl (C=O) groups is 1. The normalized spacial score (nSPS) is 10.6. The lowest BCUT2D eigenvalue weighted by Gasteiger charge is -2.04. The summed E-state index contributed by atoms with van der Waals surface area (Å²) in [4.78, 5) is 22.9. The van der Waals surface area contributed by atoms with Crippen LogP contribution in [0.3, 0.4) is 0 Å². The SMILES string of the molecule is NC(=O)c1ccc(-c2ccc(CCCc3ncc[nH]3)nc2)cc1. The molecular weight excluding hydrogens is 288 g/mol. The third-order valence-electron chi connectivity index (χ3n) is 3.73. The van der Waals surface area contributed by atoms with Crippen molar-refractivity contribution in [1.82, 2.24) is 15.0 Å². The lowest BCUT2D eigenvalue weighted by atomic mass is 10.0. The average molecular weight is 306 g/mol. The highest BCUT2D eigenvalue weighted by Gasteiger charge is 2.03. The van der Waals surface area contributed by atoms with Crippen LogP contribution >= 0.6 is 0 Å². The summed E-state index contributed by atoms with van der Waals surface area (Å²) in [7, 11) is 0. The fourth-order valence-electron chi connectivity index (χ4n) is 2.44. The summed E-state index contributed by atoms with van der Waals surface area (Å²) in [5, 5.41) is 0. The minimum absolute atomic E-state index is 0.415. The summed E-state index contributed by atoms with van der Waals surface area (Å²) < 4.78 is 0. The Kier molecular flexibility index (Phi) is 4.47. The molecular formula is C18H18N4O. The van der Waals surface area contributed by atoms with Crippen molar-refractivity contribution in [2.75, 3.05) is 0 Å². The zero-order chi connectivity index (χ0) is 16.1. The van der Waals surface area contributed by atoms with Gasteiger partial charge in [0, 0.05) is 41.8 Å². The fraction of sp³-hybridized carbons (Fsp3) is 0.167. The molecule has 0 saturated heterocycles. The molecule has 0 aliphatic carbocycles. The number of carbonyl (C=O) groups excluding carboxylic acids is 1. The molecule has 0 aliphatic rings. The summed E-state index contributed by atoms with van der Waals surface area (Å²) in [6, 6.07) is 11.3. The molecule has 0 radical (unpaired) electrons. The number of rotatable bonds is 6. The number of aryl methyl sites for hydroxylation is 2. The zero-order valence-electron chi connectivity index (χ0n) is 12.7. The van der Waals surface area contributed by atoms with Crippen LogP contribution in [0.25, 0.3) is 11.1 Å². The van der Waals surface area contributed by atoms with Crippen molar-refractivity contribution in [3.05, 3.63) is 72.1 Å². The van der Waals surface area contributed by atoms with E-state index in [1.165, 1.54) is 0 Å². The number of pyridine rings is 1. The van der Waals surface area contributed by atoms with E-state index < -0.39 is 5.91 Å². The van der Waals surface area contributed by atoms with E-state index in [1.807, 2.05) is 30.6 Å². The third kappa shape index (κ3) is 3.83. The number of nitrogens with two attached hydrogens (primary N) is 1. The van der Waals surface area contributed by atoms with Gasteiger partial charge in [-0.2, -0.15) is 0 Å². The Morgan fingerprint density at radius 2 is 1.78 bits per heavy atom. The summed E-state index contributed by atoms with van der Waals surface area (Å²) in [6.45, 7) is 0. The molecule has 1 aromatic carbocycles. The number of imidazole rings is 1. The van der Waals surface area contributed by atoms with Gasteiger partial charge in [-0.25, -0.2) is 4.98 Å². The van der Waals surface area contributed by atoms with Gasteiger partial charge in [-0.1, -0.05) is 18.2 Å². The topological polar surface area (TPSA) is 84.7 Å². The number of primary amides is 1. The van der Waals surface area contributed by atoms with Crippen LogP contribution in [0.4, 0.5) is 0 Å². The Hall–Kier alpha value is -2.95. The second-order valence-electron chi connectivity index (χ2n) is 5.37. The van der Waals surface area contributed by atoms with Crippen molar-refractivity contribution in [1.29, 1.82) is 0 Å². The number of aromatic nitrogens is 3. The minimum atomic E-state index is -0.415. The highest BCUT2D eigenvalue weighted by atomic mass is 16.1. The summed E-state index contributed by atoms with van der Waals surface area (Å²) in [6.07, 6.45) is 8.32. The molecule has 0 fully saturated rings. The maximum Gasteiger partial charge on any atom is 0.248 e. The average Bonchev–Trinajstić information content (AvgIpc) is 3.09. The monoisotopic (exact) mass is 306 g/mol. The van der Waals surface area contributed by atoms with E-state index in [9.17, 15) is 4.79 Å². The highest BCUT2D eigenvalue weighted by molar-refractivity contribution is 5.93. The second kappa shape index (κ2) is 6.87. The van der Waals surface area contributed by atoms with Crippen LogP contribution in [0.5, 0.6) is 0 Å². The van der Waals surface area contributed by atoms with Crippen LogP contribution in [-0.4, -0.2) is 20.9 Å².